The van der Waals surface area contributed by atoms with Gasteiger partial charge in [-0.05, 0) is 32.4 Å². The van der Waals surface area contributed by atoms with E-state index in [9.17, 15) is 14.4 Å². The highest BCUT2D eigenvalue weighted by Crippen LogP contribution is 2.53. The second-order valence-electron chi connectivity index (χ2n) is 6.72. The van der Waals surface area contributed by atoms with E-state index in [4.69, 9.17) is 9.47 Å². The number of amides is 2. The zero-order valence-electron chi connectivity index (χ0n) is 15.5. The van der Waals surface area contributed by atoms with E-state index in [0.29, 0.717) is 0 Å². The van der Waals surface area contributed by atoms with Gasteiger partial charge in [-0.1, -0.05) is 18.2 Å². The number of nitrogens with zero attached hydrogens (tertiary/aromatic N) is 2. The van der Waals surface area contributed by atoms with Crippen LogP contribution in [0.3, 0.4) is 0 Å². The summed E-state index contributed by atoms with van der Waals surface area (Å²) < 4.78 is 10.4. The lowest BCUT2D eigenvalue weighted by Crippen LogP contribution is -2.60. The Morgan fingerprint density at radius 3 is 2.50 bits per heavy atom. The van der Waals surface area contributed by atoms with Gasteiger partial charge in [-0.25, -0.2) is 4.79 Å². The molecule has 1 aromatic carbocycles. The highest BCUT2D eigenvalue weighted by molar-refractivity contribution is 6.06. The topological polar surface area (TPSA) is 76.1 Å². The van der Waals surface area contributed by atoms with Crippen LogP contribution in [0, 0.1) is 5.92 Å². The standard InChI is InChI=1S/C19H24N2O5/c1-5-25-16(22)13-11-21(18(24)26-6-2)19(3)15(13)12-9-7-8-10-14(12)20(4)17(19)23/h7-10,13,15H,5-6,11H2,1-4H3/t13-,15+,19-/m0/s1. The number of esters is 1. The maximum atomic E-state index is 13.3. The van der Waals surface area contributed by atoms with Crippen molar-refractivity contribution in [2.24, 2.45) is 5.92 Å². The van der Waals surface area contributed by atoms with Gasteiger partial charge in [0.05, 0.1) is 19.1 Å². The van der Waals surface area contributed by atoms with Crippen molar-refractivity contribution in [3.63, 3.8) is 0 Å². The van der Waals surface area contributed by atoms with Crippen molar-refractivity contribution < 1.29 is 23.9 Å². The fourth-order valence-corrected chi connectivity index (χ4v) is 4.25. The maximum Gasteiger partial charge on any atom is 0.410 e. The van der Waals surface area contributed by atoms with E-state index in [-0.39, 0.29) is 25.7 Å². The lowest BCUT2D eigenvalue weighted by Gasteiger charge is -2.44. The maximum absolute atomic E-state index is 13.3. The number of fused-ring (bicyclic) bond motifs is 3. The number of ether oxygens (including phenoxy) is 2. The first-order valence-electron chi connectivity index (χ1n) is 8.86. The molecule has 2 heterocycles. The van der Waals surface area contributed by atoms with E-state index in [2.05, 4.69) is 0 Å². The van der Waals surface area contributed by atoms with Crippen LogP contribution in [0.4, 0.5) is 10.5 Å². The van der Waals surface area contributed by atoms with Gasteiger partial charge in [-0.2, -0.15) is 0 Å². The zero-order chi connectivity index (χ0) is 19.1. The van der Waals surface area contributed by atoms with Crippen LogP contribution in [0.1, 0.15) is 32.3 Å². The third-order valence-electron chi connectivity index (χ3n) is 5.40. The average Bonchev–Trinajstić information content (AvgIpc) is 2.95. The van der Waals surface area contributed by atoms with Crippen molar-refractivity contribution in [3.05, 3.63) is 29.8 Å². The summed E-state index contributed by atoms with van der Waals surface area (Å²) in [5, 5.41) is 0. The number of rotatable bonds is 3. The van der Waals surface area contributed by atoms with E-state index in [0.717, 1.165) is 11.3 Å². The molecule has 0 aliphatic carbocycles. The molecule has 0 N–H and O–H groups in total. The van der Waals surface area contributed by atoms with E-state index >= 15 is 0 Å². The van der Waals surface area contributed by atoms with Gasteiger partial charge in [0.2, 0.25) is 0 Å². The Bertz CT molecular complexity index is 749. The molecular weight excluding hydrogens is 336 g/mol. The molecule has 1 aromatic rings. The Labute approximate surface area is 152 Å². The molecule has 1 saturated heterocycles. The van der Waals surface area contributed by atoms with Crippen molar-refractivity contribution >= 4 is 23.7 Å². The summed E-state index contributed by atoms with van der Waals surface area (Å²) in [4.78, 5) is 41.4. The highest BCUT2D eigenvalue weighted by Gasteiger charge is 2.63. The van der Waals surface area contributed by atoms with Crippen molar-refractivity contribution in [1.29, 1.82) is 0 Å². The first-order chi connectivity index (χ1) is 12.4. The van der Waals surface area contributed by atoms with Crippen LogP contribution in [-0.2, 0) is 19.1 Å². The van der Waals surface area contributed by atoms with Gasteiger partial charge in [0, 0.05) is 25.2 Å². The second-order valence-corrected chi connectivity index (χ2v) is 6.72. The molecule has 2 amide bonds. The van der Waals surface area contributed by atoms with Crippen LogP contribution in [0.5, 0.6) is 0 Å². The van der Waals surface area contributed by atoms with Gasteiger partial charge in [-0.3, -0.25) is 14.5 Å². The smallest absolute Gasteiger partial charge is 0.410 e. The lowest BCUT2D eigenvalue weighted by molar-refractivity contribution is -0.148. The summed E-state index contributed by atoms with van der Waals surface area (Å²) in [6.07, 6.45) is -0.590. The first kappa shape index (κ1) is 18.2. The Kier molecular flexibility index (Phi) is 4.64. The van der Waals surface area contributed by atoms with Crippen LogP contribution < -0.4 is 4.90 Å². The number of likely N-dealkylation sites (N-methyl/N-ethyl adjacent to an activating group) is 1. The number of carbonyl (C=O) groups is 3. The van der Waals surface area contributed by atoms with Crippen LogP contribution in [0.15, 0.2) is 24.3 Å². The second kappa shape index (κ2) is 6.63. The number of benzene rings is 1. The summed E-state index contributed by atoms with van der Waals surface area (Å²) in [6.45, 7) is 5.69. The van der Waals surface area contributed by atoms with Gasteiger partial charge in [-0.15, -0.1) is 0 Å². The molecule has 0 spiro atoms. The molecule has 2 aliphatic rings. The van der Waals surface area contributed by atoms with Gasteiger partial charge >= 0.3 is 12.1 Å². The average molecular weight is 360 g/mol. The third-order valence-corrected chi connectivity index (χ3v) is 5.40. The Morgan fingerprint density at radius 2 is 1.85 bits per heavy atom. The molecule has 0 saturated carbocycles. The predicted molar refractivity (Wildman–Crippen MR) is 94.8 cm³/mol. The molecule has 3 atom stereocenters. The van der Waals surface area contributed by atoms with Crippen LogP contribution >= 0.6 is 0 Å². The van der Waals surface area contributed by atoms with Crippen molar-refractivity contribution in [2.75, 3.05) is 31.7 Å². The minimum atomic E-state index is -1.20. The van der Waals surface area contributed by atoms with Crippen molar-refractivity contribution in [2.45, 2.75) is 32.2 Å². The van der Waals surface area contributed by atoms with Crippen LogP contribution in [0.2, 0.25) is 0 Å². The van der Waals surface area contributed by atoms with E-state index in [1.165, 1.54) is 4.90 Å². The molecule has 0 aromatic heterocycles. The largest absolute Gasteiger partial charge is 0.466 e. The van der Waals surface area contributed by atoms with Crippen LogP contribution in [0.25, 0.3) is 0 Å². The normalized spacial score (nSPS) is 27.0. The quantitative estimate of drug-likeness (QED) is 0.772. The van der Waals surface area contributed by atoms with Gasteiger partial charge in [0.25, 0.3) is 5.91 Å². The summed E-state index contributed by atoms with van der Waals surface area (Å²) >= 11 is 0. The van der Waals surface area contributed by atoms with Crippen molar-refractivity contribution in [1.82, 2.24) is 4.90 Å². The summed E-state index contributed by atoms with van der Waals surface area (Å²) in [7, 11) is 1.68. The summed E-state index contributed by atoms with van der Waals surface area (Å²) in [5.74, 6) is -1.74. The van der Waals surface area contributed by atoms with E-state index in [1.54, 1.807) is 32.7 Å². The van der Waals surface area contributed by atoms with Crippen LogP contribution in [-0.4, -0.2) is 55.2 Å². The van der Waals surface area contributed by atoms with E-state index < -0.39 is 29.4 Å². The molecule has 2 aliphatic heterocycles. The Hall–Kier alpha value is -2.57. The molecule has 0 radical (unpaired) electrons. The third kappa shape index (κ3) is 2.45. The lowest BCUT2D eigenvalue weighted by atomic mass is 9.72. The minimum absolute atomic E-state index is 0.0900. The number of carbonyl (C=O) groups excluding carboxylic acids is 3. The van der Waals surface area contributed by atoms with E-state index in [1.807, 2.05) is 24.3 Å². The molecule has 0 bridgehead atoms. The highest BCUT2D eigenvalue weighted by atomic mass is 16.6. The zero-order valence-corrected chi connectivity index (χ0v) is 15.5. The number of anilines is 1. The Morgan fingerprint density at radius 1 is 1.19 bits per heavy atom. The molecule has 140 valence electrons. The SMILES string of the molecule is CCOC(=O)[C@H]1CN(C(=O)OCC)[C@]2(C)C(=O)N(C)c3ccccc3[C@H]12. The molecule has 7 nitrogen and oxygen atoms in total. The Balaban J connectivity index is 2.16. The van der Waals surface area contributed by atoms with Gasteiger partial charge in [0.15, 0.2) is 0 Å². The van der Waals surface area contributed by atoms with Gasteiger partial charge in [0.1, 0.15) is 5.54 Å². The molecule has 1 fully saturated rings. The minimum Gasteiger partial charge on any atom is -0.466 e. The fraction of sp³-hybridized carbons (Fsp3) is 0.526. The summed E-state index contributed by atoms with van der Waals surface area (Å²) in [5.41, 5.74) is 0.411. The molecule has 0 unspecified atom stereocenters. The van der Waals surface area contributed by atoms with Crippen molar-refractivity contribution in [3.8, 4) is 0 Å². The number of hydrogen-bond acceptors (Lipinski definition) is 5. The first-order valence-corrected chi connectivity index (χ1v) is 8.86. The molecule has 3 rings (SSSR count). The number of hydrogen-bond donors (Lipinski definition) is 0. The molecular formula is C19H24N2O5. The monoisotopic (exact) mass is 360 g/mol. The number of para-hydroxylation sites is 1. The van der Waals surface area contributed by atoms with Gasteiger partial charge < -0.3 is 14.4 Å². The summed E-state index contributed by atoms with van der Waals surface area (Å²) in [6, 6.07) is 7.48. The molecule has 26 heavy (non-hydrogen) atoms. The molecule has 7 heteroatoms. The number of likely N-dealkylation sites (tertiary alicyclic amines) is 1. The fourth-order valence-electron chi connectivity index (χ4n) is 4.25. The predicted octanol–water partition coefficient (Wildman–Crippen LogP) is 2.16.